The number of hydrogen-bond donors (Lipinski definition) is 0. The Balaban J connectivity index is 1.85. The molecule has 152 valence electrons. The van der Waals surface area contributed by atoms with E-state index in [0.29, 0.717) is 6.61 Å². The molecule has 0 amide bonds. The van der Waals surface area contributed by atoms with Crippen LogP contribution >= 0.6 is 39.3 Å². The minimum Gasteiger partial charge on any atom is -0.493 e. The number of hydrogen-bond acceptors (Lipinski definition) is 5. The van der Waals surface area contributed by atoms with Crippen molar-refractivity contribution in [3.8, 4) is 5.75 Å². The lowest BCUT2D eigenvalue weighted by molar-refractivity contribution is 0.339. The number of aromatic nitrogens is 3. The fourth-order valence-corrected chi connectivity index (χ4v) is 4.00. The first-order valence-corrected chi connectivity index (χ1v) is 11.5. The Morgan fingerprint density at radius 3 is 2.69 bits per heavy atom. The van der Waals surface area contributed by atoms with E-state index < -0.39 is 0 Å². The van der Waals surface area contributed by atoms with Crippen LogP contribution in [0.1, 0.15) is 37.2 Å². The highest BCUT2D eigenvalue weighted by molar-refractivity contribution is 9.10. The van der Waals surface area contributed by atoms with Crippen molar-refractivity contribution in [2.75, 3.05) is 6.61 Å². The van der Waals surface area contributed by atoms with Crippen molar-refractivity contribution in [2.45, 2.75) is 37.6 Å². The van der Waals surface area contributed by atoms with Crippen LogP contribution in [0.5, 0.6) is 5.75 Å². The summed E-state index contributed by atoms with van der Waals surface area (Å²) in [6, 6.07) is 13.7. The quantitative estimate of drug-likeness (QED) is 0.262. The highest BCUT2D eigenvalue weighted by atomic mass is 79.9. The fraction of sp³-hybridized carbons (Fsp3) is 0.286. The highest BCUT2D eigenvalue weighted by Gasteiger charge is 2.12. The molecule has 29 heavy (non-hydrogen) atoms. The average Bonchev–Trinajstić information content (AvgIpc) is 3.09. The molecule has 8 heteroatoms. The van der Waals surface area contributed by atoms with Gasteiger partial charge in [0, 0.05) is 27.2 Å². The van der Waals surface area contributed by atoms with E-state index in [1.165, 1.54) is 5.56 Å². The zero-order valence-electron chi connectivity index (χ0n) is 16.3. The molecule has 0 radical (unpaired) electrons. The number of aryl methyl sites for hydroxylation is 1. The summed E-state index contributed by atoms with van der Waals surface area (Å²) in [7, 11) is 0. The molecule has 0 unspecified atom stereocenters. The van der Waals surface area contributed by atoms with Gasteiger partial charge in [-0.3, -0.25) is 0 Å². The normalized spacial score (nSPS) is 11.3. The molecule has 3 aromatic rings. The van der Waals surface area contributed by atoms with Crippen LogP contribution < -0.4 is 4.74 Å². The number of ether oxygens (including phenoxy) is 1. The molecule has 0 saturated carbocycles. The van der Waals surface area contributed by atoms with Crippen LogP contribution in [0.3, 0.4) is 0 Å². The van der Waals surface area contributed by atoms with Crippen LogP contribution in [0.4, 0.5) is 0 Å². The van der Waals surface area contributed by atoms with Gasteiger partial charge in [-0.25, -0.2) is 0 Å². The first-order chi connectivity index (χ1) is 14.1. The molecule has 0 N–H and O–H groups in total. The monoisotopic (exact) mass is 492 g/mol. The summed E-state index contributed by atoms with van der Waals surface area (Å²) in [5.41, 5.74) is 2.06. The molecule has 0 fully saturated rings. The predicted octanol–water partition coefficient (Wildman–Crippen LogP) is 6.22. The van der Waals surface area contributed by atoms with Crippen LogP contribution in [0.2, 0.25) is 5.02 Å². The molecule has 0 aliphatic carbocycles. The Kier molecular flexibility index (Phi) is 8.15. The van der Waals surface area contributed by atoms with Gasteiger partial charge in [0.05, 0.1) is 12.8 Å². The summed E-state index contributed by atoms with van der Waals surface area (Å²) in [6.45, 7) is 4.68. The highest BCUT2D eigenvalue weighted by Crippen LogP contribution is 2.25. The van der Waals surface area contributed by atoms with Crippen molar-refractivity contribution in [3.63, 3.8) is 0 Å². The summed E-state index contributed by atoms with van der Waals surface area (Å²) in [5, 5.41) is 14.9. The largest absolute Gasteiger partial charge is 0.493 e. The van der Waals surface area contributed by atoms with E-state index in [1.54, 1.807) is 18.0 Å². The third kappa shape index (κ3) is 6.07. The molecular formula is C21H22BrClN4OS. The van der Waals surface area contributed by atoms with E-state index in [4.69, 9.17) is 16.3 Å². The van der Waals surface area contributed by atoms with Crippen LogP contribution in [-0.2, 0) is 12.2 Å². The summed E-state index contributed by atoms with van der Waals surface area (Å²) < 4.78 is 8.51. The Hall–Kier alpha value is -1.83. The summed E-state index contributed by atoms with van der Waals surface area (Å²) in [5.74, 6) is 2.40. The van der Waals surface area contributed by atoms with Gasteiger partial charge in [0.2, 0.25) is 5.16 Å². The third-order valence-corrected chi connectivity index (χ3v) is 5.75. The second-order valence-corrected chi connectivity index (χ2v) is 8.53. The van der Waals surface area contributed by atoms with Crippen molar-refractivity contribution < 1.29 is 4.74 Å². The molecule has 0 aliphatic heterocycles. The number of rotatable bonds is 9. The maximum Gasteiger partial charge on any atom is 0.212 e. The molecule has 0 atom stereocenters. The number of halogens is 2. The van der Waals surface area contributed by atoms with E-state index >= 15 is 0 Å². The van der Waals surface area contributed by atoms with Crippen molar-refractivity contribution in [3.05, 3.63) is 68.9 Å². The zero-order chi connectivity index (χ0) is 20.6. The second kappa shape index (κ2) is 10.8. The van der Waals surface area contributed by atoms with Gasteiger partial charge in [-0.15, -0.1) is 10.2 Å². The van der Waals surface area contributed by atoms with Crippen molar-refractivity contribution >= 4 is 45.5 Å². The SMILES string of the molecule is CCCc1nnc(SCc2ccc(Cl)cc2)n1/N=C/c1cc(Br)ccc1OCC. The molecule has 5 nitrogen and oxygen atoms in total. The van der Waals surface area contributed by atoms with Crippen molar-refractivity contribution in [1.29, 1.82) is 0 Å². The molecular weight excluding hydrogens is 472 g/mol. The van der Waals surface area contributed by atoms with Crippen molar-refractivity contribution in [2.24, 2.45) is 5.10 Å². The van der Waals surface area contributed by atoms with Gasteiger partial charge >= 0.3 is 0 Å². The van der Waals surface area contributed by atoms with Crippen LogP contribution in [0.25, 0.3) is 0 Å². The lowest BCUT2D eigenvalue weighted by Crippen LogP contribution is -2.02. The second-order valence-electron chi connectivity index (χ2n) is 6.24. The molecule has 0 bridgehead atoms. The van der Waals surface area contributed by atoms with Gasteiger partial charge < -0.3 is 4.74 Å². The Morgan fingerprint density at radius 1 is 1.17 bits per heavy atom. The maximum absolute atomic E-state index is 5.97. The standard InChI is InChI=1S/C21H22BrClN4OS/c1-3-5-20-25-26-21(29-14-15-6-9-18(23)10-7-15)27(20)24-13-16-12-17(22)8-11-19(16)28-4-2/h6-13H,3-5,14H2,1-2H3/b24-13+. The van der Waals surface area contributed by atoms with E-state index in [0.717, 1.165) is 50.4 Å². The summed E-state index contributed by atoms with van der Waals surface area (Å²) in [6.07, 6.45) is 3.57. The van der Waals surface area contributed by atoms with Gasteiger partial charge in [-0.1, -0.05) is 58.3 Å². The predicted molar refractivity (Wildman–Crippen MR) is 123 cm³/mol. The van der Waals surface area contributed by atoms with Crippen molar-refractivity contribution in [1.82, 2.24) is 14.9 Å². The van der Waals surface area contributed by atoms with Crippen LogP contribution in [0.15, 0.2) is 57.2 Å². The van der Waals surface area contributed by atoms with Gasteiger partial charge in [0.1, 0.15) is 5.75 Å². The lowest BCUT2D eigenvalue weighted by atomic mass is 10.2. The first-order valence-electron chi connectivity index (χ1n) is 9.39. The molecule has 2 aromatic carbocycles. The van der Waals surface area contributed by atoms with E-state index in [2.05, 4.69) is 38.2 Å². The van der Waals surface area contributed by atoms with E-state index in [9.17, 15) is 0 Å². The molecule has 1 heterocycles. The van der Waals surface area contributed by atoms with Gasteiger partial charge in [-0.05, 0) is 49.2 Å². The number of thioether (sulfide) groups is 1. The molecule has 1 aromatic heterocycles. The van der Waals surface area contributed by atoms with Gasteiger partial charge in [-0.2, -0.15) is 9.78 Å². The summed E-state index contributed by atoms with van der Waals surface area (Å²) in [4.78, 5) is 0. The number of nitrogens with zero attached hydrogens (tertiary/aromatic N) is 4. The Morgan fingerprint density at radius 2 is 1.97 bits per heavy atom. The fourth-order valence-electron chi connectivity index (χ4n) is 2.64. The lowest BCUT2D eigenvalue weighted by Gasteiger charge is -2.08. The molecule has 0 saturated heterocycles. The van der Waals surface area contributed by atoms with Crippen LogP contribution in [-0.4, -0.2) is 27.7 Å². The Bertz CT molecular complexity index is 975. The van der Waals surface area contributed by atoms with Gasteiger partial charge in [0.25, 0.3) is 0 Å². The topological polar surface area (TPSA) is 52.3 Å². The molecule has 3 rings (SSSR count). The minimum atomic E-state index is 0.596. The first kappa shape index (κ1) is 21.9. The molecule has 0 spiro atoms. The smallest absolute Gasteiger partial charge is 0.212 e. The minimum absolute atomic E-state index is 0.596. The average molecular weight is 494 g/mol. The van der Waals surface area contributed by atoms with Gasteiger partial charge in [0.15, 0.2) is 5.82 Å². The zero-order valence-corrected chi connectivity index (χ0v) is 19.5. The summed E-state index contributed by atoms with van der Waals surface area (Å²) >= 11 is 11.1. The Labute approximate surface area is 188 Å². The third-order valence-electron chi connectivity index (χ3n) is 4.02. The van der Waals surface area contributed by atoms with E-state index in [1.807, 2.05) is 54.1 Å². The van der Waals surface area contributed by atoms with E-state index in [-0.39, 0.29) is 0 Å². The molecule has 0 aliphatic rings. The number of benzene rings is 2. The van der Waals surface area contributed by atoms with Crippen LogP contribution in [0, 0.1) is 0 Å². The maximum atomic E-state index is 5.97.